The lowest BCUT2D eigenvalue weighted by Gasteiger charge is -2.43. The van der Waals surface area contributed by atoms with Crippen LogP contribution in [0.15, 0.2) is 47.4 Å². The van der Waals surface area contributed by atoms with E-state index in [0.717, 1.165) is 5.56 Å². The molecule has 4 rings (SSSR count). The molecular formula is C24H27F3N2O5S. The molecule has 1 fully saturated rings. The van der Waals surface area contributed by atoms with Gasteiger partial charge in [-0.15, -0.1) is 13.2 Å². The first-order valence-corrected chi connectivity index (χ1v) is 12.7. The Morgan fingerprint density at radius 2 is 1.74 bits per heavy atom. The number of halogens is 3. The third-order valence-electron chi connectivity index (χ3n) is 6.50. The lowest BCUT2D eigenvalue weighted by Crippen LogP contribution is -2.58. The van der Waals surface area contributed by atoms with Gasteiger partial charge in [-0.25, -0.2) is 8.42 Å². The summed E-state index contributed by atoms with van der Waals surface area (Å²) in [6.07, 6.45) is -4.28. The summed E-state index contributed by atoms with van der Waals surface area (Å²) in [5.74, 6) is -1.87. The van der Waals surface area contributed by atoms with Crippen molar-refractivity contribution in [3.63, 3.8) is 0 Å². The Morgan fingerprint density at radius 3 is 2.37 bits per heavy atom. The molecule has 0 radical (unpaired) electrons. The number of rotatable bonds is 6. The van der Waals surface area contributed by atoms with E-state index in [1.165, 1.54) is 28.6 Å². The van der Waals surface area contributed by atoms with Crippen LogP contribution in [0.4, 0.5) is 13.2 Å². The summed E-state index contributed by atoms with van der Waals surface area (Å²) in [5, 5.41) is 9.41. The van der Waals surface area contributed by atoms with Crippen LogP contribution in [0, 0.1) is 5.92 Å². The molecule has 1 aliphatic carbocycles. The van der Waals surface area contributed by atoms with Gasteiger partial charge in [-0.1, -0.05) is 24.3 Å². The Kier molecular flexibility index (Phi) is 6.87. The van der Waals surface area contributed by atoms with Crippen LogP contribution in [0.5, 0.6) is 5.75 Å². The zero-order valence-corrected chi connectivity index (χ0v) is 20.1. The van der Waals surface area contributed by atoms with Crippen molar-refractivity contribution >= 4 is 16.0 Å². The number of carbonyl (C=O) groups is 1. The van der Waals surface area contributed by atoms with Crippen LogP contribution in [0.25, 0.3) is 0 Å². The van der Waals surface area contributed by atoms with Gasteiger partial charge in [0, 0.05) is 31.7 Å². The minimum absolute atomic E-state index is 0.155. The number of ether oxygens (including phenoxy) is 1. The molecule has 1 N–H and O–H groups in total. The molecule has 3 atom stereocenters. The fourth-order valence-electron chi connectivity index (χ4n) is 5.27. The molecule has 190 valence electrons. The SMILES string of the molecule is CC1CN(Cc2cccc(OC(F)(F)F)c2)CC(C)N1S(=O)(=O)c1cccc2c1CC(C(=O)O)C2. The highest BCUT2D eigenvalue weighted by Gasteiger charge is 2.41. The summed E-state index contributed by atoms with van der Waals surface area (Å²) in [6.45, 7) is 4.72. The van der Waals surface area contributed by atoms with Gasteiger partial charge in [-0.05, 0) is 61.6 Å². The second kappa shape index (κ2) is 9.44. The highest BCUT2D eigenvalue weighted by molar-refractivity contribution is 7.89. The monoisotopic (exact) mass is 512 g/mol. The summed E-state index contributed by atoms with van der Waals surface area (Å²) in [4.78, 5) is 13.6. The van der Waals surface area contributed by atoms with Crippen molar-refractivity contribution in [2.75, 3.05) is 13.1 Å². The van der Waals surface area contributed by atoms with Crippen molar-refractivity contribution in [2.24, 2.45) is 5.92 Å². The van der Waals surface area contributed by atoms with Crippen LogP contribution in [0.3, 0.4) is 0 Å². The van der Waals surface area contributed by atoms with Crippen LogP contribution >= 0.6 is 0 Å². The second-order valence-electron chi connectivity index (χ2n) is 9.26. The number of carboxylic acids is 1. The largest absolute Gasteiger partial charge is 0.573 e. The molecule has 2 aromatic rings. The third kappa shape index (κ3) is 5.46. The molecule has 11 heteroatoms. The third-order valence-corrected chi connectivity index (χ3v) is 8.72. The van der Waals surface area contributed by atoms with Crippen molar-refractivity contribution in [3.05, 3.63) is 59.2 Å². The van der Waals surface area contributed by atoms with Crippen molar-refractivity contribution in [1.82, 2.24) is 9.21 Å². The number of hydrogen-bond donors (Lipinski definition) is 1. The fraction of sp³-hybridized carbons (Fsp3) is 0.458. The molecule has 0 bridgehead atoms. The molecule has 1 heterocycles. The van der Waals surface area contributed by atoms with Gasteiger partial charge in [0.05, 0.1) is 10.8 Å². The predicted octanol–water partition coefficient (Wildman–Crippen LogP) is 3.67. The van der Waals surface area contributed by atoms with E-state index in [0.29, 0.717) is 37.2 Å². The molecular weight excluding hydrogens is 485 g/mol. The minimum Gasteiger partial charge on any atom is -0.481 e. The Bertz CT molecular complexity index is 1210. The van der Waals surface area contributed by atoms with E-state index in [1.54, 1.807) is 32.0 Å². The quantitative estimate of drug-likeness (QED) is 0.636. The van der Waals surface area contributed by atoms with Gasteiger partial charge < -0.3 is 9.84 Å². The summed E-state index contributed by atoms with van der Waals surface area (Å²) < 4.78 is 70.6. The lowest BCUT2D eigenvalue weighted by molar-refractivity contribution is -0.274. The Labute approximate surface area is 202 Å². The Hall–Kier alpha value is -2.63. The summed E-state index contributed by atoms with van der Waals surface area (Å²) in [6, 6.07) is 9.93. The lowest BCUT2D eigenvalue weighted by atomic mass is 10.1. The maximum atomic E-state index is 13.7. The maximum Gasteiger partial charge on any atom is 0.573 e. The van der Waals surface area contributed by atoms with E-state index >= 15 is 0 Å². The number of alkyl halides is 3. The van der Waals surface area contributed by atoms with Crippen LogP contribution in [0.2, 0.25) is 0 Å². The standard InChI is InChI=1S/C24H27F3N2O5S/c1-15-12-28(14-17-5-3-7-20(9-17)34-24(25,26)27)13-16(2)29(15)35(32,33)22-8-4-6-18-10-19(23(30)31)11-21(18)22/h3-9,15-16,19H,10-14H2,1-2H3,(H,30,31). The zero-order valence-electron chi connectivity index (χ0n) is 19.3. The minimum atomic E-state index is -4.77. The Balaban J connectivity index is 1.51. The molecule has 2 aliphatic rings. The van der Waals surface area contributed by atoms with Crippen LogP contribution < -0.4 is 4.74 Å². The number of benzene rings is 2. The summed E-state index contributed by atoms with van der Waals surface area (Å²) >= 11 is 0. The van der Waals surface area contributed by atoms with E-state index in [-0.39, 0.29) is 17.1 Å². The summed E-state index contributed by atoms with van der Waals surface area (Å²) in [7, 11) is -3.89. The second-order valence-corrected chi connectivity index (χ2v) is 11.1. The van der Waals surface area contributed by atoms with E-state index < -0.39 is 40.4 Å². The van der Waals surface area contributed by atoms with Crippen molar-refractivity contribution in [3.8, 4) is 5.75 Å². The van der Waals surface area contributed by atoms with E-state index in [9.17, 15) is 31.5 Å². The van der Waals surface area contributed by atoms with Crippen molar-refractivity contribution in [1.29, 1.82) is 0 Å². The predicted molar refractivity (Wildman–Crippen MR) is 121 cm³/mol. The van der Waals surface area contributed by atoms with Gasteiger partial charge in [-0.3, -0.25) is 9.69 Å². The molecule has 0 spiro atoms. The van der Waals surface area contributed by atoms with Gasteiger partial charge in [0.15, 0.2) is 0 Å². The van der Waals surface area contributed by atoms with Crippen LogP contribution in [-0.4, -0.2) is 60.2 Å². The molecule has 35 heavy (non-hydrogen) atoms. The van der Waals surface area contributed by atoms with Crippen LogP contribution in [-0.2, 0) is 34.2 Å². The summed E-state index contributed by atoms with van der Waals surface area (Å²) in [5.41, 5.74) is 1.95. The number of fused-ring (bicyclic) bond motifs is 1. The van der Waals surface area contributed by atoms with E-state index in [1.807, 2.05) is 4.90 Å². The number of aliphatic carboxylic acids is 1. The highest BCUT2D eigenvalue weighted by atomic mass is 32.2. The topological polar surface area (TPSA) is 87.2 Å². The number of piperazine rings is 1. The highest BCUT2D eigenvalue weighted by Crippen LogP contribution is 2.35. The Morgan fingerprint density at radius 1 is 1.09 bits per heavy atom. The van der Waals surface area contributed by atoms with E-state index in [2.05, 4.69) is 4.74 Å². The average molecular weight is 513 g/mol. The van der Waals surface area contributed by atoms with E-state index in [4.69, 9.17) is 0 Å². The normalized spacial score (nSPS) is 23.7. The fourth-order valence-corrected chi connectivity index (χ4v) is 7.35. The van der Waals surface area contributed by atoms with Gasteiger partial charge in [0.25, 0.3) is 0 Å². The molecule has 2 aromatic carbocycles. The molecule has 0 saturated carbocycles. The first-order valence-electron chi connectivity index (χ1n) is 11.3. The smallest absolute Gasteiger partial charge is 0.481 e. The number of hydrogen-bond acceptors (Lipinski definition) is 5. The van der Waals surface area contributed by atoms with Crippen LogP contribution in [0.1, 0.15) is 30.5 Å². The first-order chi connectivity index (χ1) is 16.3. The van der Waals surface area contributed by atoms with Gasteiger partial charge in [0.1, 0.15) is 5.75 Å². The molecule has 1 aliphatic heterocycles. The molecule has 7 nitrogen and oxygen atoms in total. The zero-order chi connectivity index (χ0) is 25.5. The average Bonchev–Trinajstić information content (AvgIpc) is 3.16. The number of nitrogens with zero attached hydrogens (tertiary/aromatic N) is 2. The molecule has 1 saturated heterocycles. The number of carboxylic acid groups (broad SMARTS) is 1. The van der Waals surface area contributed by atoms with Crippen molar-refractivity contribution in [2.45, 2.75) is 56.6 Å². The van der Waals surface area contributed by atoms with Crippen molar-refractivity contribution < 1.29 is 36.2 Å². The molecule has 0 amide bonds. The molecule has 0 aromatic heterocycles. The first kappa shape index (κ1) is 25.5. The maximum absolute atomic E-state index is 13.7. The van der Waals surface area contributed by atoms with Gasteiger partial charge in [0.2, 0.25) is 10.0 Å². The molecule has 3 unspecified atom stereocenters. The van der Waals surface area contributed by atoms with Gasteiger partial charge in [-0.2, -0.15) is 4.31 Å². The number of sulfonamides is 1. The van der Waals surface area contributed by atoms with Gasteiger partial charge >= 0.3 is 12.3 Å².